The molecule has 3 heteroatoms. The van der Waals surface area contributed by atoms with Gasteiger partial charge in [0.25, 0.3) is 0 Å². The smallest absolute Gasteiger partial charge is 0.0470 e. The number of rotatable bonds is 4. The second-order valence-corrected chi connectivity index (χ2v) is 6.46. The predicted octanol–water partition coefficient (Wildman–Crippen LogP) is 4.29. The third-order valence-electron chi connectivity index (χ3n) is 4.02. The molecule has 20 heavy (non-hydrogen) atoms. The summed E-state index contributed by atoms with van der Waals surface area (Å²) in [6, 6.07) is 9.11. The maximum absolute atomic E-state index is 3.61. The van der Waals surface area contributed by atoms with Crippen molar-refractivity contribution in [3.05, 3.63) is 57.8 Å². The van der Waals surface area contributed by atoms with Crippen LogP contribution in [0, 0.1) is 0 Å². The molecule has 1 unspecified atom stereocenters. The first-order valence-electron chi connectivity index (χ1n) is 7.42. The van der Waals surface area contributed by atoms with Gasteiger partial charge in [-0.2, -0.15) is 0 Å². The highest BCUT2D eigenvalue weighted by atomic mass is 79.9. The number of benzene rings is 1. The summed E-state index contributed by atoms with van der Waals surface area (Å²) in [7, 11) is 0. The Bertz CT molecular complexity index is 588. The van der Waals surface area contributed by atoms with Crippen LogP contribution in [0.3, 0.4) is 0 Å². The van der Waals surface area contributed by atoms with Gasteiger partial charge in [-0.3, -0.25) is 0 Å². The van der Waals surface area contributed by atoms with Crippen molar-refractivity contribution in [2.24, 2.45) is 0 Å². The topological polar surface area (TPSA) is 17.0 Å². The summed E-state index contributed by atoms with van der Waals surface area (Å²) in [4.78, 5) is 0. The molecule has 0 saturated heterocycles. The summed E-state index contributed by atoms with van der Waals surface area (Å²) in [5.41, 5.74) is 4.37. The Kier molecular flexibility index (Phi) is 4.27. The summed E-state index contributed by atoms with van der Waals surface area (Å²) >= 11 is 3.54. The first-order chi connectivity index (χ1) is 9.76. The van der Waals surface area contributed by atoms with Crippen LogP contribution in [0.25, 0.3) is 0 Å². The number of hydrogen-bond acceptors (Lipinski definition) is 1. The number of hydrogen-bond donors (Lipinski definition) is 1. The molecule has 0 amide bonds. The number of aromatic nitrogens is 1. The Hall–Kier alpha value is -1.06. The van der Waals surface area contributed by atoms with E-state index in [0.717, 1.165) is 17.6 Å². The normalized spacial score (nSPS) is 18.0. The van der Waals surface area contributed by atoms with E-state index in [4.69, 9.17) is 0 Å². The monoisotopic (exact) mass is 332 g/mol. The zero-order valence-corrected chi connectivity index (χ0v) is 13.5. The SMILES string of the molecule is CCNC1CCCc2cn(Cc3cccc(Br)c3)cc21. The number of halogens is 1. The summed E-state index contributed by atoms with van der Waals surface area (Å²) in [5.74, 6) is 0. The maximum atomic E-state index is 3.61. The van der Waals surface area contributed by atoms with Crippen molar-refractivity contribution in [3.8, 4) is 0 Å². The van der Waals surface area contributed by atoms with Crippen LogP contribution in [0.15, 0.2) is 41.1 Å². The predicted molar refractivity (Wildman–Crippen MR) is 87.0 cm³/mol. The molecule has 1 aliphatic rings. The molecule has 1 atom stereocenters. The van der Waals surface area contributed by atoms with E-state index >= 15 is 0 Å². The van der Waals surface area contributed by atoms with Gasteiger partial charge in [-0.1, -0.05) is 35.0 Å². The van der Waals surface area contributed by atoms with E-state index in [2.05, 4.69) is 69.4 Å². The molecule has 1 heterocycles. The minimum atomic E-state index is 0.549. The van der Waals surface area contributed by atoms with E-state index in [9.17, 15) is 0 Å². The van der Waals surface area contributed by atoms with Gasteiger partial charge >= 0.3 is 0 Å². The van der Waals surface area contributed by atoms with Crippen molar-refractivity contribution in [3.63, 3.8) is 0 Å². The average Bonchev–Trinajstić information content (AvgIpc) is 2.82. The second-order valence-electron chi connectivity index (χ2n) is 5.54. The van der Waals surface area contributed by atoms with Crippen molar-refractivity contribution in [1.29, 1.82) is 0 Å². The lowest BCUT2D eigenvalue weighted by Gasteiger charge is -2.22. The van der Waals surface area contributed by atoms with E-state index in [1.807, 2.05) is 0 Å². The number of nitrogens with one attached hydrogen (secondary N) is 1. The molecule has 1 N–H and O–H groups in total. The van der Waals surface area contributed by atoms with Gasteiger partial charge in [0.05, 0.1) is 0 Å². The molecule has 1 aliphatic carbocycles. The molecule has 2 aromatic rings. The second kappa shape index (κ2) is 6.15. The zero-order chi connectivity index (χ0) is 13.9. The van der Waals surface area contributed by atoms with E-state index in [1.165, 1.54) is 36.0 Å². The maximum Gasteiger partial charge on any atom is 0.0470 e. The molecule has 3 rings (SSSR count). The highest BCUT2D eigenvalue weighted by Gasteiger charge is 2.21. The minimum Gasteiger partial charge on any atom is -0.349 e. The quantitative estimate of drug-likeness (QED) is 0.883. The van der Waals surface area contributed by atoms with E-state index < -0.39 is 0 Å². The van der Waals surface area contributed by atoms with Crippen LogP contribution in [-0.2, 0) is 13.0 Å². The van der Waals surface area contributed by atoms with Crippen LogP contribution in [0.4, 0.5) is 0 Å². The summed E-state index contributed by atoms with van der Waals surface area (Å²) in [5, 5.41) is 3.61. The number of fused-ring (bicyclic) bond motifs is 1. The summed E-state index contributed by atoms with van der Waals surface area (Å²) < 4.78 is 3.49. The van der Waals surface area contributed by atoms with Crippen molar-refractivity contribution >= 4 is 15.9 Å². The van der Waals surface area contributed by atoms with Crippen LogP contribution in [0.1, 0.15) is 42.5 Å². The molecule has 0 bridgehead atoms. The van der Waals surface area contributed by atoms with Gasteiger partial charge in [0.1, 0.15) is 0 Å². The lowest BCUT2D eigenvalue weighted by atomic mass is 9.91. The number of aryl methyl sites for hydroxylation is 1. The molecule has 106 valence electrons. The van der Waals surface area contributed by atoms with Crippen LogP contribution in [-0.4, -0.2) is 11.1 Å². The Labute approximate surface area is 129 Å². The molecular weight excluding hydrogens is 312 g/mol. The molecule has 0 aliphatic heterocycles. The van der Waals surface area contributed by atoms with Gasteiger partial charge in [0, 0.05) is 29.5 Å². The largest absolute Gasteiger partial charge is 0.349 e. The molecule has 0 saturated carbocycles. The third-order valence-corrected chi connectivity index (χ3v) is 4.51. The van der Waals surface area contributed by atoms with Gasteiger partial charge in [-0.15, -0.1) is 0 Å². The van der Waals surface area contributed by atoms with Crippen molar-refractivity contribution in [2.75, 3.05) is 6.54 Å². The van der Waals surface area contributed by atoms with Crippen molar-refractivity contribution in [1.82, 2.24) is 9.88 Å². The summed E-state index contributed by atoms with van der Waals surface area (Å²) in [6.07, 6.45) is 8.46. The van der Waals surface area contributed by atoms with Crippen molar-refractivity contribution in [2.45, 2.75) is 38.8 Å². The van der Waals surface area contributed by atoms with E-state index in [1.54, 1.807) is 0 Å². The van der Waals surface area contributed by atoms with Gasteiger partial charge in [-0.25, -0.2) is 0 Å². The Morgan fingerprint density at radius 3 is 3.05 bits per heavy atom. The van der Waals surface area contributed by atoms with E-state index in [-0.39, 0.29) is 0 Å². The van der Waals surface area contributed by atoms with Crippen LogP contribution < -0.4 is 5.32 Å². The molecule has 0 spiro atoms. The fraction of sp³-hybridized carbons (Fsp3) is 0.412. The van der Waals surface area contributed by atoms with Crippen LogP contribution in [0.2, 0.25) is 0 Å². The first kappa shape index (κ1) is 13.9. The van der Waals surface area contributed by atoms with Gasteiger partial charge in [0.2, 0.25) is 0 Å². The highest BCUT2D eigenvalue weighted by Crippen LogP contribution is 2.30. The zero-order valence-electron chi connectivity index (χ0n) is 11.9. The Morgan fingerprint density at radius 1 is 1.35 bits per heavy atom. The standard InChI is InChI=1S/C17H21BrN2/c1-2-19-17-8-4-6-14-11-20(12-16(14)17)10-13-5-3-7-15(18)9-13/h3,5,7,9,11-12,17,19H,2,4,6,8,10H2,1H3. The van der Waals surface area contributed by atoms with Gasteiger partial charge in [-0.05, 0) is 54.6 Å². The van der Waals surface area contributed by atoms with Crippen LogP contribution >= 0.6 is 15.9 Å². The molecule has 1 aromatic heterocycles. The lowest BCUT2D eigenvalue weighted by molar-refractivity contribution is 0.473. The van der Waals surface area contributed by atoms with Crippen LogP contribution in [0.5, 0.6) is 0 Å². The fourth-order valence-corrected chi connectivity index (χ4v) is 3.59. The molecule has 1 aromatic carbocycles. The van der Waals surface area contributed by atoms with Crippen molar-refractivity contribution < 1.29 is 0 Å². The number of nitrogens with zero attached hydrogens (tertiary/aromatic N) is 1. The molecular formula is C17H21BrN2. The first-order valence-corrected chi connectivity index (χ1v) is 8.22. The average molecular weight is 333 g/mol. The molecule has 2 nitrogen and oxygen atoms in total. The lowest BCUT2D eigenvalue weighted by Crippen LogP contribution is -2.23. The summed E-state index contributed by atoms with van der Waals surface area (Å²) in [6.45, 7) is 4.18. The fourth-order valence-electron chi connectivity index (χ4n) is 3.14. The Morgan fingerprint density at radius 2 is 2.25 bits per heavy atom. The van der Waals surface area contributed by atoms with Gasteiger partial charge in [0.15, 0.2) is 0 Å². The Balaban J connectivity index is 1.82. The van der Waals surface area contributed by atoms with E-state index in [0.29, 0.717) is 6.04 Å². The van der Waals surface area contributed by atoms with Gasteiger partial charge < -0.3 is 9.88 Å². The molecule has 0 radical (unpaired) electrons. The minimum absolute atomic E-state index is 0.549. The highest BCUT2D eigenvalue weighted by molar-refractivity contribution is 9.10. The third kappa shape index (κ3) is 2.99. The molecule has 0 fully saturated rings.